The third-order valence-electron chi connectivity index (χ3n) is 4.90. The first-order chi connectivity index (χ1) is 9.99. The van der Waals surface area contributed by atoms with Crippen LogP contribution < -0.4 is 10.2 Å². The number of thiazole rings is 1. The van der Waals surface area contributed by atoms with Gasteiger partial charge in [-0.15, -0.1) is 11.3 Å². The Kier molecular flexibility index (Phi) is 4.28. The van der Waals surface area contributed by atoms with Crippen LogP contribution in [0.15, 0.2) is 0 Å². The molecule has 1 aliphatic heterocycles. The summed E-state index contributed by atoms with van der Waals surface area (Å²) < 4.78 is 0. The Labute approximate surface area is 133 Å². The zero-order chi connectivity index (χ0) is 15.0. The molecule has 2 heterocycles. The van der Waals surface area contributed by atoms with Gasteiger partial charge in [-0.2, -0.15) is 0 Å². The summed E-state index contributed by atoms with van der Waals surface area (Å²) in [6, 6.07) is 0. The summed E-state index contributed by atoms with van der Waals surface area (Å²) in [5.41, 5.74) is 1.81. The quantitative estimate of drug-likeness (QED) is 0.891. The Morgan fingerprint density at radius 2 is 2.05 bits per heavy atom. The van der Waals surface area contributed by atoms with Gasteiger partial charge in [0.15, 0.2) is 5.13 Å². The van der Waals surface area contributed by atoms with Gasteiger partial charge in [0.25, 0.3) is 0 Å². The van der Waals surface area contributed by atoms with Crippen molar-refractivity contribution < 1.29 is 0 Å². The van der Waals surface area contributed by atoms with Crippen molar-refractivity contribution in [3.05, 3.63) is 10.6 Å². The van der Waals surface area contributed by atoms with E-state index < -0.39 is 0 Å². The highest BCUT2D eigenvalue weighted by molar-refractivity contribution is 7.15. The van der Waals surface area contributed by atoms with Crippen molar-refractivity contribution in [2.24, 2.45) is 11.3 Å². The SMILES string of the molecule is CCNCc1sc(N2CCC(C(C)(C)C)C2)nc1C1CC1. The van der Waals surface area contributed by atoms with Gasteiger partial charge < -0.3 is 10.2 Å². The van der Waals surface area contributed by atoms with Crippen LogP contribution in [0.1, 0.15) is 63.4 Å². The van der Waals surface area contributed by atoms with E-state index in [4.69, 9.17) is 4.98 Å². The maximum Gasteiger partial charge on any atom is 0.185 e. The van der Waals surface area contributed by atoms with Gasteiger partial charge in [-0.05, 0) is 37.1 Å². The van der Waals surface area contributed by atoms with Crippen molar-refractivity contribution in [3.63, 3.8) is 0 Å². The molecule has 0 bridgehead atoms. The van der Waals surface area contributed by atoms with Crippen LogP contribution in [0, 0.1) is 11.3 Å². The molecule has 0 radical (unpaired) electrons. The number of nitrogens with one attached hydrogen (secondary N) is 1. The number of aromatic nitrogens is 1. The number of anilines is 1. The fourth-order valence-electron chi connectivity index (χ4n) is 3.17. The summed E-state index contributed by atoms with van der Waals surface area (Å²) in [6.07, 6.45) is 3.99. The van der Waals surface area contributed by atoms with E-state index in [2.05, 4.69) is 37.9 Å². The van der Waals surface area contributed by atoms with Gasteiger partial charge in [0.1, 0.15) is 0 Å². The second-order valence-corrected chi connectivity index (χ2v) is 8.72. The first-order valence-electron chi connectivity index (χ1n) is 8.44. The molecule has 1 aliphatic carbocycles. The van der Waals surface area contributed by atoms with Crippen LogP contribution in [0.2, 0.25) is 0 Å². The topological polar surface area (TPSA) is 28.2 Å². The molecule has 1 saturated carbocycles. The van der Waals surface area contributed by atoms with Gasteiger partial charge >= 0.3 is 0 Å². The lowest BCUT2D eigenvalue weighted by Crippen LogP contribution is -2.25. The second-order valence-electron chi connectivity index (χ2n) is 7.66. The van der Waals surface area contributed by atoms with E-state index >= 15 is 0 Å². The van der Waals surface area contributed by atoms with Crippen LogP contribution in [-0.2, 0) is 6.54 Å². The maximum absolute atomic E-state index is 5.03. The first kappa shape index (κ1) is 15.3. The largest absolute Gasteiger partial charge is 0.348 e. The molecule has 2 aliphatic rings. The smallest absolute Gasteiger partial charge is 0.185 e. The van der Waals surface area contributed by atoms with Crippen molar-refractivity contribution in [2.75, 3.05) is 24.5 Å². The van der Waals surface area contributed by atoms with E-state index in [-0.39, 0.29) is 0 Å². The molecule has 3 rings (SSSR count). The predicted octanol–water partition coefficient (Wildman–Crippen LogP) is 4.00. The fraction of sp³-hybridized carbons (Fsp3) is 0.824. The van der Waals surface area contributed by atoms with E-state index in [9.17, 15) is 0 Å². The van der Waals surface area contributed by atoms with Crippen LogP contribution in [0.5, 0.6) is 0 Å². The van der Waals surface area contributed by atoms with Crippen LogP contribution in [0.4, 0.5) is 5.13 Å². The highest BCUT2D eigenvalue weighted by Gasteiger charge is 2.35. The minimum atomic E-state index is 0.415. The van der Waals surface area contributed by atoms with Gasteiger partial charge in [0, 0.05) is 30.4 Å². The van der Waals surface area contributed by atoms with E-state index in [0.717, 1.165) is 24.9 Å². The number of rotatable bonds is 5. The zero-order valence-corrected chi connectivity index (χ0v) is 14.7. The second kappa shape index (κ2) is 5.88. The Morgan fingerprint density at radius 1 is 1.29 bits per heavy atom. The molecule has 2 fully saturated rings. The minimum absolute atomic E-state index is 0.415. The third-order valence-corrected chi connectivity index (χ3v) is 6.03. The molecule has 118 valence electrons. The van der Waals surface area contributed by atoms with Gasteiger partial charge in [0.2, 0.25) is 0 Å². The average molecular weight is 308 g/mol. The summed E-state index contributed by atoms with van der Waals surface area (Å²) in [5.74, 6) is 1.55. The summed E-state index contributed by atoms with van der Waals surface area (Å²) in [5, 5.41) is 4.75. The highest BCUT2D eigenvalue weighted by atomic mass is 32.1. The molecular formula is C17H29N3S. The molecule has 3 nitrogen and oxygen atoms in total. The molecule has 0 spiro atoms. The summed E-state index contributed by atoms with van der Waals surface area (Å²) in [4.78, 5) is 9.04. The normalized spacial score (nSPS) is 23.0. The van der Waals surface area contributed by atoms with Crippen LogP contribution in [0.3, 0.4) is 0 Å². The Morgan fingerprint density at radius 3 is 2.62 bits per heavy atom. The van der Waals surface area contributed by atoms with E-state index in [1.807, 2.05) is 11.3 Å². The average Bonchev–Trinajstić information content (AvgIpc) is 2.99. The highest BCUT2D eigenvalue weighted by Crippen LogP contribution is 2.45. The number of nitrogens with zero attached hydrogens (tertiary/aromatic N) is 2. The molecule has 0 aromatic carbocycles. The van der Waals surface area contributed by atoms with Crippen molar-refractivity contribution in [1.82, 2.24) is 10.3 Å². The molecule has 1 N–H and O–H groups in total. The van der Waals surface area contributed by atoms with Crippen molar-refractivity contribution in [2.45, 2.75) is 59.4 Å². The Hall–Kier alpha value is -0.610. The standard InChI is InChI=1S/C17H29N3S/c1-5-18-10-14-15(12-6-7-12)19-16(21-14)20-9-8-13(11-20)17(2,3)4/h12-13,18H,5-11H2,1-4H3. The van der Waals surface area contributed by atoms with Crippen molar-refractivity contribution >= 4 is 16.5 Å². The van der Waals surface area contributed by atoms with Gasteiger partial charge in [-0.3, -0.25) is 0 Å². The molecule has 1 aromatic heterocycles. The molecule has 1 saturated heterocycles. The van der Waals surface area contributed by atoms with E-state index in [1.165, 1.54) is 48.1 Å². The number of hydrogen-bond acceptors (Lipinski definition) is 4. The van der Waals surface area contributed by atoms with E-state index in [0.29, 0.717) is 5.41 Å². The summed E-state index contributed by atoms with van der Waals surface area (Å²) in [7, 11) is 0. The van der Waals surface area contributed by atoms with Gasteiger partial charge in [-0.1, -0.05) is 27.7 Å². The summed E-state index contributed by atoms with van der Waals surface area (Å²) in [6.45, 7) is 13.7. The predicted molar refractivity (Wildman–Crippen MR) is 91.2 cm³/mol. The lowest BCUT2D eigenvalue weighted by molar-refractivity contribution is 0.263. The zero-order valence-electron chi connectivity index (χ0n) is 13.9. The lowest BCUT2D eigenvalue weighted by atomic mass is 9.80. The lowest BCUT2D eigenvalue weighted by Gasteiger charge is -2.26. The molecule has 0 amide bonds. The van der Waals surface area contributed by atoms with Gasteiger partial charge in [0.05, 0.1) is 5.69 Å². The molecule has 4 heteroatoms. The summed E-state index contributed by atoms with van der Waals surface area (Å²) >= 11 is 1.93. The van der Waals surface area contributed by atoms with Crippen molar-refractivity contribution in [1.29, 1.82) is 0 Å². The maximum atomic E-state index is 5.03. The molecular weight excluding hydrogens is 278 g/mol. The fourth-order valence-corrected chi connectivity index (χ4v) is 4.32. The van der Waals surface area contributed by atoms with Crippen molar-refractivity contribution in [3.8, 4) is 0 Å². The van der Waals surface area contributed by atoms with E-state index in [1.54, 1.807) is 0 Å². The van der Waals surface area contributed by atoms with Crippen LogP contribution >= 0.6 is 11.3 Å². The van der Waals surface area contributed by atoms with Crippen LogP contribution in [-0.4, -0.2) is 24.6 Å². The van der Waals surface area contributed by atoms with Gasteiger partial charge in [-0.25, -0.2) is 4.98 Å². The minimum Gasteiger partial charge on any atom is -0.348 e. The number of hydrogen-bond donors (Lipinski definition) is 1. The molecule has 1 unspecified atom stereocenters. The molecule has 1 aromatic rings. The third kappa shape index (κ3) is 3.42. The molecule has 21 heavy (non-hydrogen) atoms. The monoisotopic (exact) mass is 307 g/mol. The molecule has 1 atom stereocenters. The first-order valence-corrected chi connectivity index (χ1v) is 9.26. The Bertz CT molecular complexity index is 485. The van der Waals surface area contributed by atoms with Crippen LogP contribution in [0.25, 0.3) is 0 Å². The Balaban J connectivity index is 1.74.